The van der Waals surface area contributed by atoms with Crippen LogP contribution in [0.25, 0.3) is 0 Å². The van der Waals surface area contributed by atoms with E-state index in [1.807, 2.05) is 13.8 Å². The molecule has 6 heteroatoms. The molecule has 2 fully saturated rings. The van der Waals surface area contributed by atoms with Crippen molar-refractivity contribution in [1.29, 1.82) is 0 Å². The number of hydrogen-bond acceptors (Lipinski definition) is 6. The van der Waals surface area contributed by atoms with Gasteiger partial charge in [0.1, 0.15) is 12.2 Å². The van der Waals surface area contributed by atoms with E-state index in [1.165, 1.54) is 0 Å². The van der Waals surface area contributed by atoms with E-state index in [0.717, 1.165) is 0 Å². The Kier molecular flexibility index (Phi) is 5.77. The van der Waals surface area contributed by atoms with Gasteiger partial charge in [-0.1, -0.05) is 13.8 Å². The Labute approximate surface area is 120 Å². The number of rotatable bonds is 5. The van der Waals surface area contributed by atoms with Crippen LogP contribution < -0.4 is 0 Å². The Balaban J connectivity index is 1.84. The zero-order valence-electron chi connectivity index (χ0n) is 12.4. The molecule has 2 N–H and O–H groups in total. The molecule has 2 aliphatic rings. The standard InChI is InChI=1S/C14H26O6/c1-8(4-10(3)16)13-17-6-12-11(19-13)7-18-14(20-12)9(2)5-15/h8-16H,4-7H2,1-3H3. The Hall–Kier alpha value is -0.240. The molecule has 0 bridgehead atoms. The third-order valence-corrected chi connectivity index (χ3v) is 3.81. The summed E-state index contributed by atoms with van der Waals surface area (Å²) in [5.41, 5.74) is 0. The minimum atomic E-state index is -0.403. The van der Waals surface area contributed by atoms with Gasteiger partial charge in [-0.2, -0.15) is 0 Å². The Morgan fingerprint density at radius 1 is 0.950 bits per heavy atom. The number of aliphatic hydroxyl groups excluding tert-OH is 2. The predicted molar refractivity (Wildman–Crippen MR) is 70.9 cm³/mol. The average Bonchev–Trinajstić information content (AvgIpc) is 2.44. The third-order valence-electron chi connectivity index (χ3n) is 3.81. The lowest BCUT2D eigenvalue weighted by atomic mass is 10.0. The van der Waals surface area contributed by atoms with E-state index in [4.69, 9.17) is 24.1 Å². The van der Waals surface area contributed by atoms with E-state index in [1.54, 1.807) is 6.92 Å². The molecular weight excluding hydrogens is 264 g/mol. The second kappa shape index (κ2) is 7.15. The van der Waals surface area contributed by atoms with Crippen molar-refractivity contribution in [1.82, 2.24) is 0 Å². The summed E-state index contributed by atoms with van der Waals surface area (Å²) < 4.78 is 22.9. The number of aliphatic hydroxyl groups is 2. The SMILES string of the molecule is CC(O)CC(C)C1OCC2OC(C(C)CO)OCC2O1. The fraction of sp³-hybridized carbons (Fsp3) is 1.00. The Morgan fingerprint density at radius 2 is 1.45 bits per heavy atom. The third kappa shape index (κ3) is 3.90. The zero-order valence-corrected chi connectivity index (χ0v) is 12.4. The molecule has 2 saturated heterocycles. The molecule has 20 heavy (non-hydrogen) atoms. The molecule has 0 aromatic heterocycles. The van der Waals surface area contributed by atoms with Crippen molar-refractivity contribution < 1.29 is 29.2 Å². The van der Waals surface area contributed by atoms with Crippen molar-refractivity contribution >= 4 is 0 Å². The van der Waals surface area contributed by atoms with Gasteiger partial charge in [-0.15, -0.1) is 0 Å². The first-order valence-corrected chi connectivity index (χ1v) is 7.34. The summed E-state index contributed by atoms with van der Waals surface area (Å²) in [4.78, 5) is 0. The van der Waals surface area contributed by atoms with Crippen LogP contribution in [0.4, 0.5) is 0 Å². The predicted octanol–water partition coefficient (Wildman–Crippen LogP) is 0.505. The molecule has 2 heterocycles. The monoisotopic (exact) mass is 290 g/mol. The first kappa shape index (κ1) is 16.1. The highest BCUT2D eigenvalue weighted by atomic mass is 16.8. The highest BCUT2D eigenvalue weighted by Gasteiger charge is 2.41. The second-order valence-corrected chi connectivity index (χ2v) is 5.97. The summed E-state index contributed by atoms with van der Waals surface area (Å²) in [6.07, 6.45) is -0.771. The van der Waals surface area contributed by atoms with Gasteiger partial charge >= 0.3 is 0 Å². The molecule has 0 aliphatic carbocycles. The van der Waals surface area contributed by atoms with Gasteiger partial charge in [0.2, 0.25) is 0 Å². The van der Waals surface area contributed by atoms with Crippen LogP contribution in [-0.2, 0) is 18.9 Å². The Bertz CT molecular complexity index is 297. The average molecular weight is 290 g/mol. The van der Waals surface area contributed by atoms with Crippen LogP contribution in [0, 0.1) is 11.8 Å². The number of fused-ring (bicyclic) bond motifs is 1. The summed E-state index contributed by atoms with van der Waals surface area (Å²) in [7, 11) is 0. The van der Waals surface area contributed by atoms with Crippen LogP contribution in [0.2, 0.25) is 0 Å². The zero-order chi connectivity index (χ0) is 14.7. The molecule has 118 valence electrons. The van der Waals surface area contributed by atoms with Gasteiger partial charge in [0.15, 0.2) is 12.6 Å². The van der Waals surface area contributed by atoms with E-state index < -0.39 is 6.29 Å². The molecule has 0 radical (unpaired) electrons. The van der Waals surface area contributed by atoms with Gasteiger partial charge in [0.05, 0.1) is 25.9 Å². The van der Waals surface area contributed by atoms with Gasteiger partial charge in [0.25, 0.3) is 0 Å². The van der Waals surface area contributed by atoms with E-state index in [0.29, 0.717) is 19.6 Å². The first-order chi connectivity index (χ1) is 9.51. The van der Waals surface area contributed by atoms with Crippen molar-refractivity contribution in [3.63, 3.8) is 0 Å². The van der Waals surface area contributed by atoms with Gasteiger partial charge in [-0.05, 0) is 13.3 Å². The highest BCUT2D eigenvalue weighted by Crippen LogP contribution is 2.29. The maximum atomic E-state index is 9.42. The maximum absolute atomic E-state index is 9.42. The minimum Gasteiger partial charge on any atom is -0.396 e. The van der Waals surface area contributed by atoms with Gasteiger partial charge in [-0.25, -0.2) is 0 Å². The summed E-state index contributed by atoms with van der Waals surface area (Å²) in [5, 5.41) is 18.6. The van der Waals surface area contributed by atoms with Gasteiger partial charge in [-0.3, -0.25) is 0 Å². The highest BCUT2D eigenvalue weighted by molar-refractivity contribution is 4.81. The largest absolute Gasteiger partial charge is 0.396 e. The van der Waals surface area contributed by atoms with E-state index in [-0.39, 0.29) is 43.0 Å². The van der Waals surface area contributed by atoms with E-state index in [9.17, 15) is 5.11 Å². The second-order valence-electron chi connectivity index (χ2n) is 5.97. The van der Waals surface area contributed by atoms with Gasteiger partial charge in [0, 0.05) is 11.8 Å². The van der Waals surface area contributed by atoms with Crippen LogP contribution in [-0.4, -0.2) is 60.9 Å². The summed E-state index contributed by atoms with van der Waals surface area (Å²) >= 11 is 0. The Morgan fingerprint density at radius 3 is 1.90 bits per heavy atom. The normalized spacial score (nSPS) is 38.9. The van der Waals surface area contributed by atoms with Gasteiger partial charge < -0.3 is 29.2 Å². The maximum Gasteiger partial charge on any atom is 0.163 e. The number of ether oxygens (including phenoxy) is 4. The smallest absolute Gasteiger partial charge is 0.163 e. The van der Waals surface area contributed by atoms with Crippen molar-refractivity contribution in [2.45, 2.75) is 58.1 Å². The van der Waals surface area contributed by atoms with Crippen LogP contribution in [0.3, 0.4) is 0 Å². The van der Waals surface area contributed by atoms with Crippen LogP contribution in [0.1, 0.15) is 27.2 Å². The lowest BCUT2D eigenvalue weighted by Crippen LogP contribution is -2.55. The van der Waals surface area contributed by atoms with Crippen molar-refractivity contribution in [3.8, 4) is 0 Å². The fourth-order valence-electron chi connectivity index (χ4n) is 2.60. The topological polar surface area (TPSA) is 77.4 Å². The first-order valence-electron chi connectivity index (χ1n) is 7.34. The number of hydrogen-bond donors (Lipinski definition) is 2. The quantitative estimate of drug-likeness (QED) is 0.768. The molecule has 2 rings (SSSR count). The summed E-state index contributed by atoms with van der Waals surface area (Å²) in [5.74, 6) is 0.0490. The molecule has 0 spiro atoms. The van der Waals surface area contributed by atoms with Crippen LogP contribution in [0.15, 0.2) is 0 Å². The van der Waals surface area contributed by atoms with E-state index in [2.05, 4.69) is 0 Å². The van der Waals surface area contributed by atoms with Crippen LogP contribution >= 0.6 is 0 Å². The molecular formula is C14H26O6. The molecule has 0 aromatic rings. The molecule has 2 aliphatic heterocycles. The lowest BCUT2D eigenvalue weighted by molar-refractivity contribution is -0.352. The molecule has 0 amide bonds. The molecule has 0 saturated carbocycles. The fourth-order valence-corrected chi connectivity index (χ4v) is 2.60. The van der Waals surface area contributed by atoms with Crippen molar-refractivity contribution in [3.05, 3.63) is 0 Å². The molecule has 7 atom stereocenters. The minimum absolute atomic E-state index is 0.0256. The molecule has 6 nitrogen and oxygen atoms in total. The molecule has 7 unspecified atom stereocenters. The molecule has 0 aromatic carbocycles. The lowest BCUT2D eigenvalue weighted by Gasteiger charge is -2.44. The van der Waals surface area contributed by atoms with Crippen molar-refractivity contribution in [2.24, 2.45) is 11.8 Å². The van der Waals surface area contributed by atoms with E-state index >= 15 is 0 Å². The summed E-state index contributed by atoms with van der Waals surface area (Å²) in [6, 6.07) is 0. The van der Waals surface area contributed by atoms with Crippen LogP contribution in [0.5, 0.6) is 0 Å². The summed E-state index contributed by atoms with van der Waals surface area (Å²) in [6.45, 7) is 6.56. The van der Waals surface area contributed by atoms with Crippen molar-refractivity contribution in [2.75, 3.05) is 19.8 Å².